The number of amides is 2. The maximum absolute atomic E-state index is 13.5. The van der Waals surface area contributed by atoms with Crippen LogP contribution in [0.4, 0.5) is 5.69 Å². The summed E-state index contributed by atoms with van der Waals surface area (Å²) in [6.45, 7) is 9.38. The molecule has 7 nitrogen and oxygen atoms in total. The number of likely N-dealkylation sites (N-methyl/N-ethyl adjacent to an activating group) is 1. The first-order valence-electron chi connectivity index (χ1n) is 10.6. The Hall–Kier alpha value is -2.87. The molecule has 2 amide bonds. The molecule has 0 saturated heterocycles. The highest BCUT2D eigenvalue weighted by Crippen LogP contribution is 2.25. The normalized spacial score (nSPS) is 12.2. The molecule has 0 aromatic heterocycles. The fraction of sp³-hybridized carbons (Fsp3) is 0.417. The molecule has 0 aliphatic carbocycles. The monoisotopic (exact) mass is 459 g/mol. The molecule has 2 rings (SSSR count). The number of sulfonamides is 1. The van der Waals surface area contributed by atoms with Crippen molar-refractivity contribution >= 4 is 27.5 Å². The van der Waals surface area contributed by atoms with Gasteiger partial charge in [0.2, 0.25) is 21.8 Å². The fourth-order valence-electron chi connectivity index (χ4n) is 3.48. The van der Waals surface area contributed by atoms with E-state index in [1.807, 2.05) is 58.0 Å². The highest BCUT2D eigenvalue weighted by atomic mass is 32.2. The van der Waals surface area contributed by atoms with Gasteiger partial charge in [-0.3, -0.25) is 13.9 Å². The van der Waals surface area contributed by atoms with Crippen molar-refractivity contribution in [2.24, 2.45) is 0 Å². The number of carbonyl (C=O) groups excluding carboxylic acids is 2. The minimum absolute atomic E-state index is 0.203. The third kappa shape index (κ3) is 6.09. The van der Waals surface area contributed by atoms with Crippen molar-refractivity contribution in [2.75, 3.05) is 23.7 Å². The van der Waals surface area contributed by atoms with Crippen molar-refractivity contribution in [2.45, 2.75) is 47.2 Å². The molecule has 32 heavy (non-hydrogen) atoms. The Morgan fingerprint density at radius 3 is 2.22 bits per heavy atom. The summed E-state index contributed by atoms with van der Waals surface area (Å²) in [6.07, 6.45) is 1.08. The second kappa shape index (κ2) is 10.6. The van der Waals surface area contributed by atoms with E-state index in [1.165, 1.54) is 4.90 Å². The van der Waals surface area contributed by atoms with E-state index in [-0.39, 0.29) is 12.5 Å². The molecular formula is C24H33N3O4S. The van der Waals surface area contributed by atoms with Crippen molar-refractivity contribution in [1.82, 2.24) is 10.2 Å². The van der Waals surface area contributed by atoms with Crippen LogP contribution >= 0.6 is 0 Å². The van der Waals surface area contributed by atoms with Crippen molar-refractivity contribution in [3.63, 3.8) is 0 Å². The largest absolute Gasteiger partial charge is 0.355 e. The summed E-state index contributed by atoms with van der Waals surface area (Å²) in [5, 5.41) is 2.75. The maximum atomic E-state index is 13.5. The van der Waals surface area contributed by atoms with Gasteiger partial charge < -0.3 is 10.2 Å². The van der Waals surface area contributed by atoms with Gasteiger partial charge in [-0.25, -0.2) is 8.42 Å². The topological polar surface area (TPSA) is 86.8 Å². The average molecular weight is 460 g/mol. The predicted molar refractivity (Wildman–Crippen MR) is 128 cm³/mol. The first-order chi connectivity index (χ1) is 15.0. The van der Waals surface area contributed by atoms with E-state index in [9.17, 15) is 18.0 Å². The summed E-state index contributed by atoms with van der Waals surface area (Å²) in [5.41, 5.74) is 4.06. The molecule has 0 fully saturated rings. The van der Waals surface area contributed by atoms with Gasteiger partial charge in [-0.05, 0) is 62.9 Å². The Labute approximate surface area is 191 Å². The van der Waals surface area contributed by atoms with Crippen LogP contribution in [0.15, 0.2) is 42.5 Å². The lowest BCUT2D eigenvalue weighted by Gasteiger charge is -2.32. The van der Waals surface area contributed by atoms with Crippen LogP contribution in [0.25, 0.3) is 0 Å². The molecule has 0 saturated carbocycles. The first kappa shape index (κ1) is 25.4. The van der Waals surface area contributed by atoms with Gasteiger partial charge >= 0.3 is 0 Å². The van der Waals surface area contributed by atoms with Gasteiger partial charge in [0.25, 0.3) is 0 Å². The number of nitrogens with zero attached hydrogens (tertiary/aromatic N) is 2. The third-order valence-corrected chi connectivity index (χ3v) is 6.77. The third-order valence-electron chi connectivity index (χ3n) is 5.64. The average Bonchev–Trinajstić information content (AvgIpc) is 2.72. The Balaban J connectivity index is 2.45. The number of anilines is 1. The zero-order valence-corrected chi connectivity index (χ0v) is 20.5. The number of aryl methyl sites for hydroxylation is 2. The number of benzene rings is 2. The molecule has 0 radical (unpaired) electrons. The minimum atomic E-state index is -3.74. The molecular weight excluding hydrogens is 426 g/mol. The van der Waals surface area contributed by atoms with E-state index in [0.29, 0.717) is 12.2 Å². The lowest BCUT2D eigenvalue weighted by atomic mass is 10.1. The van der Waals surface area contributed by atoms with Crippen LogP contribution in [0.3, 0.4) is 0 Å². The quantitative estimate of drug-likeness (QED) is 0.625. The standard InChI is InChI=1S/C24H33N3O4S/c1-7-25-24(29)20(5)26(15-21-13-9-8-11-18(21)3)23(28)16-27(32(6,30)31)22-14-10-12-17(2)19(22)4/h8-14,20H,7,15-16H2,1-6H3,(H,25,29)/t20-/m0/s1. The smallest absolute Gasteiger partial charge is 0.244 e. The van der Waals surface area contributed by atoms with Gasteiger partial charge in [0.15, 0.2) is 0 Å². The summed E-state index contributed by atoms with van der Waals surface area (Å²) >= 11 is 0. The van der Waals surface area contributed by atoms with Crippen LogP contribution in [0.2, 0.25) is 0 Å². The molecule has 2 aromatic carbocycles. The Morgan fingerprint density at radius 1 is 1.00 bits per heavy atom. The van der Waals surface area contributed by atoms with E-state index in [1.54, 1.807) is 19.1 Å². The SMILES string of the molecule is CCNC(=O)[C@H](C)N(Cc1ccccc1C)C(=O)CN(c1cccc(C)c1C)S(C)(=O)=O. The summed E-state index contributed by atoms with van der Waals surface area (Å²) in [6, 6.07) is 12.2. The van der Waals surface area contributed by atoms with E-state index < -0.39 is 28.5 Å². The van der Waals surface area contributed by atoms with E-state index >= 15 is 0 Å². The highest BCUT2D eigenvalue weighted by molar-refractivity contribution is 7.92. The Bertz CT molecular complexity index is 1080. The molecule has 0 spiro atoms. The van der Waals surface area contributed by atoms with Crippen LogP contribution < -0.4 is 9.62 Å². The molecule has 0 bridgehead atoms. The molecule has 1 N–H and O–H groups in total. The Kier molecular flexibility index (Phi) is 8.44. The molecule has 2 aromatic rings. The molecule has 174 valence electrons. The Morgan fingerprint density at radius 2 is 1.62 bits per heavy atom. The second-order valence-corrected chi connectivity index (χ2v) is 9.91. The molecule has 0 aliphatic heterocycles. The molecule has 0 heterocycles. The van der Waals surface area contributed by atoms with Crippen molar-refractivity contribution in [1.29, 1.82) is 0 Å². The van der Waals surface area contributed by atoms with Gasteiger partial charge in [-0.2, -0.15) is 0 Å². The van der Waals surface area contributed by atoms with Crippen LogP contribution in [-0.4, -0.2) is 50.5 Å². The zero-order valence-electron chi connectivity index (χ0n) is 19.7. The van der Waals surface area contributed by atoms with E-state index in [0.717, 1.165) is 32.8 Å². The number of nitrogens with one attached hydrogen (secondary N) is 1. The van der Waals surface area contributed by atoms with Gasteiger partial charge in [-0.1, -0.05) is 36.4 Å². The molecule has 0 unspecified atom stereocenters. The summed E-state index contributed by atoms with van der Waals surface area (Å²) in [5.74, 6) is -0.731. The van der Waals surface area contributed by atoms with Crippen LogP contribution in [0.5, 0.6) is 0 Å². The van der Waals surface area contributed by atoms with Crippen LogP contribution in [0, 0.1) is 20.8 Å². The van der Waals surface area contributed by atoms with E-state index in [4.69, 9.17) is 0 Å². The lowest BCUT2D eigenvalue weighted by molar-refractivity contribution is -0.139. The number of carbonyl (C=O) groups is 2. The van der Waals surface area contributed by atoms with Crippen LogP contribution in [0.1, 0.15) is 36.1 Å². The summed E-state index contributed by atoms with van der Waals surface area (Å²) in [4.78, 5) is 27.5. The zero-order chi connectivity index (χ0) is 24.1. The van der Waals surface area contributed by atoms with Gasteiger partial charge in [0.1, 0.15) is 12.6 Å². The number of hydrogen-bond donors (Lipinski definition) is 1. The van der Waals surface area contributed by atoms with Crippen molar-refractivity contribution < 1.29 is 18.0 Å². The molecule has 1 atom stereocenters. The summed E-state index contributed by atoms with van der Waals surface area (Å²) < 4.78 is 26.4. The van der Waals surface area contributed by atoms with Gasteiger partial charge in [-0.15, -0.1) is 0 Å². The van der Waals surface area contributed by atoms with Crippen LogP contribution in [-0.2, 0) is 26.2 Å². The van der Waals surface area contributed by atoms with Crippen molar-refractivity contribution in [3.05, 3.63) is 64.7 Å². The highest BCUT2D eigenvalue weighted by Gasteiger charge is 2.30. The molecule has 8 heteroatoms. The van der Waals surface area contributed by atoms with Gasteiger partial charge in [0, 0.05) is 13.1 Å². The van der Waals surface area contributed by atoms with Crippen molar-refractivity contribution in [3.8, 4) is 0 Å². The molecule has 0 aliphatic rings. The minimum Gasteiger partial charge on any atom is -0.355 e. The second-order valence-electron chi connectivity index (χ2n) is 8.01. The number of hydrogen-bond acceptors (Lipinski definition) is 4. The lowest BCUT2D eigenvalue weighted by Crippen LogP contribution is -2.51. The number of rotatable bonds is 9. The maximum Gasteiger partial charge on any atom is 0.244 e. The van der Waals surface area contributed by atoms with E-state index in [2.05, 4.69) is 5.32 Å². The fourth-order valence-corrected chi connectivity index (χ4v) is 4.38. The summed E-state index contributed by atoms with van der Waals surface area (Å²) in [7, 11) is -3.74. The predicted octanol–water partition coefficient (Wildman–Crippen LogP) is 2.93. The van der Waals surface area contributed by atoms with Gasteiger partial charge in [0.05, 0.1) is 11.9 Å². The first-order valence-corrected chi connectivity index (χ1v) is 12.5.